The highest BCUT2D eigenvalue weighted by atomic mass is 35.5. The molecule has 6 nitrogen and oxygen atoms in total. The monoisotopic (exact) mass is 358 g/mol. The third-order valence-corrected chi connectivity index (χ3v) is 3.69. The van der Waals surface area contributed by atoms with Gasteiger partial charge in [0, 0.05) is 5.02 Å². The van der Waals surface area contributed by atoms with Crippen LogP contribution in [0.25, 0.3) is 0 Å². The second-order valence-corrected chi connectivity index (χ2v) is 5.57. The van der Waals surface area contributed by atoms with Gasteiger partial charge >= 0.3 is 5.97 Å². The van der Waals surface area contributed by atoms with Crippen LogP contribution in [0.15, 0.2) is 48.5 Å². The van der Waals surface area contributed by atoms with Crippen LogP contribution in [-0.2, 0) is 9.59 Å². The fourth-order valence-corrected chi connectivity index (χ4v) is 2.45. The van der Waals surface area contributed by atoms with E-state index in [2.05, 4.69) is 5.32 Å². The summed E-state index contributed by atoms with van der Waals surface area (Å²) in [7, 11) is 0. The molecule has 0 aromatic heterocycles. The first-order valence-corrected chi connectivity index (χ1v) is 7.76. The van der Waals surface area contributed by atoms with Crippen molar-refractivity contribution in [3.05, 3.63) is 64.7 Å². The van der Waals surface area contributed by atoms with E-state index in [9.17, 15) is 9.59 Å². The summed E-state index contributed by atoms with van der Waals surface area (Å²) in [5.41, 5.74) is 1.01. The van der Waals surface area contributed by atoms with Crippen LogP contribution in [0.1, 0.15) is 23.6 Å². The number of hydrogen-bond acceptors (Lipinski definition) is 4. The van der Waals surface area contributed by atoms with Gasteiger partial charge in [0.1, 0.15) is 5.75 Å². The lowest BCUT2D eigenvalue weighted by Crippen LogP contribution is -2.34. The van der Waals surface area contributed by atoms with Gasteiger partial charge in [-0.15, -0.1) is 0 Å². The van der Waals surface area contributed by atoms with Crippen molar-refractivity contribution < 1.29 is 19.4 Å². The van der Waals surface area contributed by atoms with Crippen molar-refractivity contribution in [1.82, 2.24) is 5.32 Å². The van der Waals surface area contributed by atoms with Gasteiger partial charge in [-0.05, 0) is 35.9 Å². The molecule has 2 N–H and O–H groups in total. The summed E-state index contributed by atoms with van der Waals surface area (Å²) in [6.07, 6.45) is -0.299. The van der Waals surface area contributed by atoms with E-state index in [1.807, 2.05) is 6.07 Å². The Morgan fingerprint density at radius 1 is 1.20 bits per heavy atom. The maximum absolute atomic E-state index is 12.1. The van der Waals surface area contributed by atoms with Crippen molar-refractivity contribution in [2.24, 2.45) is 0 Å². The van der Waals surface area contributed by atoms with E-state index in [4.69, 9.17) is 26.7 Å². The number of nitrogens with zero attached hydrogens (tertiary/aromatic N) is 1. The van der Waals surface area contributed by atoms with Crippen LogP contribution < -0.4 is 10.1 Å². The quantitative estimate of drug-likeness (QED) is 0.792. The molecule has 0 saturated carbocycles. The molecule has 0 spiro atoms. The second-order valence-electron chi connectivity index (χ2n) is 5.16. The van der Waals surface area contributed by atoms with Crippen LogP contribution in [0, 0.1) is 11.3 Å². The van der Waals surface area contributed by atoms with E-state index in [0.29, 0.717) is 21.9 Å². The molecule has 0 heterocycles. The molecule has 0 aliphatic rings. The minimum Gasteiger partial charge on any atom is -0.484 e. The fraction of sp³-hybridized carbons (Fsp3) is 0.167. The molecular formula is C18H15ClN2O4. The number of rotatable bonds is 7. The number of benzene rings is 2. The number of carboxylic acid groups (broad SMARTS) is 1. The third-order valence-electron chi connectivity index (χ3n) is 3.35. The zero-order valence-corrected chi connectivity index (χ0v) is 13.9. The average Bonchev–Trinajstić information content (AvgIpc) is 2.60. The molecule has 0 radical (unpaired) electrons. The maximum Gasteiger partial charge on any atom is 0.305 e. The fourth-order valence-electron chi connectivity index (χ4n) is 2.18. The number of nitrogens with one attached hydrogen (secondary N) is 1. The normalized spacial score (nSPS) is 11.2. The first kappa shape index (κ1) is 18.3. The number of amides is 1. The molecule has 0 aliphatic heterocycles. The van der Waals surface area contributed by atoms with Gasteiger partial charge in [-0.2, -0.15) is 5.26 Å². The summed E-state index contributed by atoms with van der Waals surface area (Å²) >= 11 is 6.09. The van der Waals surface area contributed by atoms with E-state index in [0.717, 1.165) is 0 Å². The standard InChI is InChI=1S/C18H15ClN2O4/c19-15-4-2-1-3-14(15)16(9-18(23)24)21-17(22)11-25-13-7-5-12(10-20)6-8-13/h1-8,16H,9,11H2,(H,21,22)(H,23,24)/t16-/m0/s1. The van der Waals surface area contributed by atoms with Crippen molar-refractivity contribution in [2.75, 3.05) is 6.61 Å². The molecule has 25 heavy (non-hydrogen) atoms. The van der Waals surface area contributed by atoms with Crippen molar-refractivity contribution in [3.8, 4) is 11.8 Å². The van der Waals surface area contributed by atoms with Crippen LogP contribution in [0.4, 0.5) is 0 Å². The van der Waals surface area contributed by atoms with Gasteiger partial charge < -0.3 is 15.2 Å². The number of halogens is 1. The lowest BCUT2D eigenvalue weighted by atomic mass is 10.0. The minimum absolute atomic E-state index is 0.285. The van der Waals surface area contributed by atoms with Gasteiger partial charge in [0.25, 0.3) is 5.91 Å². The predicted octanol–water partition coefficient (Wildman–Crippen LogP) is 2.92. The van der Waals surface area contributed by atoms with Crippen LogP contribution >= 0.6 is 11.6 Å². The smallest absolute Gasteiger partial charge is 0.305 e. The SMILES string of the molecule is N#Cc1ccc(OCC(=O)N[C@@H](CC(=O)O)c2ccccc2Cl)cc1. The van der Waals surface area contributed by atoms with Crippen molar-refractivity contribution in [3.63, 3.8) is 0 Å². The molecule has 0 aliphatic carbocycles. The highest BCUT2D eigenvalue weighted by Gasteiger charge is 2.20. The van der Waals surface area contributed by atoms with Crippen LogP contribution in [-0.4, -0.2) is 23.6 Å². The van der Waals surface area contributed by atoms with Gasteiger partial charge in [0.05, 0.1) is 24.1 Å². The minimum atomic E-state index is -1.06. The van der Waals surface area contributed by atoms with Crippen LogP contribution in [0.3, 0.4) is 0 Å². The zero-order chi connectivity index (χ0) is 18.2. The van der Waals surface area contributed by atoms with E-state index in [1.165, 1.54) is 0 Å². The summed E-state index contributed by atoms with van der Waals surface area (Å²) < 4.78 is 5.34. The third kappa shape index (κ3) is 5.52. The molecule has 0 bridgehead atoms. The molecule has 0 saturated heterocycles. The van der Waals surface area contributed by atoms with Crippen LogP contribution in [0.5, 0.6) is 5.75 Å². The molecule has 2 rings (SSSR count). The van der Waals surface area contributed by atoms with E-state index < -0.39 is 17.9 Å². The predicted molar refractivity (Wildman–Crippen MR) is 91.2 cm³/mol. The first-order valence-electron chi connectivity index (χ1n) is 7.38. The van der Waals surface area contributed by atoms with Gasteiger partial charge in [-0.1, -0.05) is 29.8 Å². The topological polar surface area (TPSA) is 99.4 Å². The van der Waals surface area contributed by atoms with E-state index in [-0.39, 0.29) is 13.0 Å². The molecule has 0 unspecified atom stereocenters. The Labute approximate surface area is 149 Å². The Balaban J connectivity index is 2.00. The second kappa shape index (κ2) is 8.71. The first-order chi connectivity index (χ1) is 12.0. The molecular weight excluding hydrogens is 344 g/mol. The molecule has 1 amide bonds. The van der Waals surface area contributed by atoms with Gasteiger partial charge in [-0.3, -0.25) is 9.59 Å². The molecule has 2 aromatic rings. The van der Waals surface area contributed by atoms with Crippen molar-refractivity contribution in [2.45, 2.75) is 12.5 Å². The van der Waals surface area contributed by atoms with Gasteiger partial charge in [0.2, 0.25) is 0 Å². The van der Waals surface area contributed by atoms with E-state index >= 15 is 0 Å². The Kier molecular flexibility index (Phi) is 6.38. The Morgan fingerprint density at radius 3 is 2.48 bits per heavy atom. The summed E-state index contributed by atoms with van der Waals surface area (Å²) in [5.74, 6) is -1.10. The van der Waals surface area contributed by atoms with Crippen LogP contribution in [0.2, 0.25) is 5.02 Å². The largest absolute Gasteiger partial charge is 0.484 e. The number of ether oxygens (including phenoxy) is 1. The zero-order valence-electron chi connectivity index (χ0n) is 13.1. The Morgan fingerprint density at radius 2 is 1.88 bits per heavy atom. The van der Waals surface area contributed by atoms with Gasteiger partial charge in [0.15, 0.2) is 6.61 Å². The summed E-state index contributed by atoms with van der Waals surface area (Å²) in [6.45, 7) is -0.285. The molecule has 2 aromatic carbocycles. The summed E-state index contributed by atoms with van der Waals surface area (Å²) in [4.78, 5) is 23.2. The summed E-state index contributed by atoms with van der Waals surface area (Å²) in [5, 5.41) is 20.8. The molecule has 0 fully saturated rings. The number of nitriles is 1. The van der Waals surface area contributed by atoms with Crippen molar-refractivity contribution in [1.29, 1.82) is 5.26 Å². The Hall–Kier alpha value is -3.04. The average molecular weight is 359 g/mol. The maximum atomic E-state index is 12.1. The number of carbonyl (C=O) groups is 2. The van der Waals surface area contributed by atoms with Crippen molar-refractivity contribution >= 4 is 23.5 Å². The molecule has 1 atom stereocenters. The molecule has 7 heteroatoms. The lowest BCUT2D eigenvalue weighted by Gasteiger charge is -2.18. The lowest BCUT2D eigenvalue weighted by molar-refractivity contribution is -0.137. The highest BCUT2D eigenvalue weighted by Crippen LogP contribution is 2.25. The number of carboxylic acids is 1. The summed E-state index contributed by atoms with van der Waals surface area (Å²) in [6, 6.07) is 14.3. The van der Waals surface area contributed by atoms with E-state index in [1.54, 1.807) is 48.5 Å². The Bertz CT molecular complexity index is 799. The van der Waals surface area contributed by atoms with Gasteiger partial charge in [-0.25, -0.2) is 0 Å². The number of aliphatic carboxylic acids is 1. The molecule has 128 valence electrons. The highest BCUT2D eigenvalue weighted by molar-refractivity contribution is 6.31. The number of carbonyl (C=O) groups excluding carboxylic acids is 1. The number of hydrogen-bond donors (Lipinski definition) is 2.